The number of hydrogen-bond acceptors (Lipinski definition) is 3. The van der Waals surface area contributed by atoms with Gasteiger partial charge in [0, 0.05) is 13.1 Å². The Bertz CT molecular complexity index is 325. The maximum Gasteiger partial charge on any atom is 0.126 e. The number of hydrogen-bond donors (Lipinski definition) is 1. The summed E-state index contributed by atoms with van der Waals surface area (Å²) in [6.07, 6.45) is 5.00. The predicted molar refractivity (Wildman–Crippen MR) is 78.9 cm³/mol. The smallest absolute Gasteiger partial charge is 0.126 e. The van der Waals surface area contributed by atoms with Crippen LogP contribution >= 0.6 is 0 Å². The standard InChI is InChI=1S/C15H27N3/c1-4-6-7-12-18(3)13-14-9-8-10-15(17-14)16-11-5-2/h8-10H,4-7,11-13H2,1-3H3,(H,16,17). The van der Waals surface area contributed by atoms with Crippen LogP contribution in [-0.4, -0.2) is 30.0 Å². The Balaban J connectivity index is 2.40. The minimum Gasteiger partial charge on any atom is -0.370 e. The van der Waals surface area contributed by atoms with E-state index in [0.29, 0.717) is 0 Å². The van der Waals surface area contributed by atoms with Crippen LogP contribution in [-0.2, 0) is 6.54 Å². The minimum absolute atomic E-state index is 0.936. The number of nitrogens with zero attached hydrogens (tertiary/aromatic N) is 2. The van der Waals surface area contributed by atoms with E-state index in [1.807, 2.05) is 6.07 Å². The Kier molecular flexibility index (Phi) is 7.42. The lowest BCUT2D eigenvalue weighted by atomic mass is 10.2. The van der Waals surface area contributed by atoms with Crippen molar-refractivity contribution in [2.75, 3.05) is 25.5 Å². The third kappa shape index (κ3) is 6.01. The average Bonchev–Trinajstić information content (AvgIpc) is 2.37. The molecule has 0 bridgehead atoms. The van der Waals surface area contributed by atoms with Crippen LogP contribution in [0.3, 0.4) is 0 Å². The van der Waals surface area contributed by atoms with E-state index in [1.165, 1.54) is 19.3 Å². The second-order valence-electron chi connectivity index (χ2n) is 4.89. The van der Waals surface area contributed by atoms with Crippen molar-refractivity contribution in [2.24, 2.45) is 0 Å². The van der Waals surface area contributed by atoms with Gasteiger partial charge in [-0.05, 0) is 38.6 Å². The molecular weight excluding hydrogens is 222 g/mol. The van der Waals surface area contributed by atoms with Gasteiger partial charge < -0.3 is 10.2 Å². The van der Waals surface area contributed by atoms with Crippen LogP contribution in [0, 0.1) is 0 Å². The van der Waals surface area contributed by atoms with Crippen molar-refractivity contribution in [3.05, 3.63) is 23.9 Å². The van der Waals surface area contributed by atoms with Gasteiger partial charge in [0.2, 0.25) is 0 Å². The lowest BCUT2D eigenvalue weighted by Crippen LogP contribution is -2.20. The van der Waals surface area contributed by atoms with E-state index in [4.69, 9.17) is 0 Å². The van der Waals surface area contributed by atoms with Crippen LogP contribution < -0.4 is 5.32 Å². The zero-order valence-corrected chi connectivity index (χ0v) is 12.1. The lowest BCUT2D eigenvalue weighted by molar-refractivity contribution is 0.314. The number of pyridine rings is 1. The summed E-state index contributed by atoms with van der Waals surface area (Å²) >= 11 is 0. The molecule has 0 spiro atoms. The highest BCUT2D eigenvalue weighted by molar-refractivity contribution is 5.35. The van der Waals surface area contributed by atoms with Crippen LogP contribution in [0.4, 0.5) is 5.82 Å². The van der Waals surface area contributed by atoms with Gasteiger partial charge in [0.15, 0.2) is 0 Å². The molecule has 1 aromatic heterocycles. The molecule has 3 heteroatoms. The van der Waals surface area contributed by atoms with Gasteiger partial charge in [-0.15, -0.1) is 0 Å². The Hall–Kier alpha value is -1.09. The van der Waals surface area contributed by atoms with Gasteiger partial charge >= 0.3 is 0 Å². The van der Waals surface area contributed by atoms with Crippen molar-refractivity contribution < 1.29 is 0 Å². The first kappa shape index (κ1) is 15.0. The maximum absolute atomic E-state index is 4.63. The molecule has 0 aliphatic carbocycles. The zero-order valence-electron chi connectivity index (χ0n) is 12.1. The van der Waals surface area contributed by atoms with Crippen molar-refractivity contribution in [1.82, 2.24) is 9.88 Å². The Labute approximate surface area is 112 Å². The molecule has 0 radical (unpaired) electrons. The highest BCUT2D eigenvalue weighted by Gasteiger charge is 2.02. The van der Waals surface area contributed by atoms with Crippen LogP contribution in [0.25, 0.3) is 0 Å². The van der Waals surface area contributed by atoms with Crippen LogP contribution in [0.15, 0.2) is 18.2 Å². The largest absolute Gasteiger partial charge is 0.370 e. The fourth-order valence-corrected chi connectivity index (χ4v) is 1.91. The fraction of sp³-hybridized carbons (Fsp3) is 0.667. The third-order valence-electron chi connectivity index (χ3n) is 2.94. The number of aromatic nitrogens is 1. The monoisotopic (exact) mass is 249 g/mol. The summed E-state index contributed by atoms with van der Waals surface area (Å²) in [7, 11) is 2.17. The van der Waals surface area contributed by atoms with Gasteiger partial charge in [-0.3, -0.25) is 0 Å². The summed E-state index contributed by atoms with van der Waals surface area (Å²) in [6.45, 7) is 7.49. The summed E-state index contributed by atoms with van der Waals surface area (Å²) in [5, 5.41) is 3.33. The van der Waals surface area contributed by atoms with Crippen LogP contribution in [0.2, 0.25) is 0 Å². The highest BCUT2D eigenvalue weighted by atomic mass is 15.1. The molecule has 0 aliphatic heterocycles. The summed E-state index contributed by atoms with van der Waals surface area (Å²) < 4.78 is 0. The van der Waals surface area contributed by atoms with E-state index in [1.54, 1.807) is 0 Å². The molecule has 0 atom stereocenters. The number of rotatable bonds is 9. The van der Waals surface area contributed by atoms with E-state index in [9.17, 15) is 0 Å². The van der Waals surface area contributed by atoms with Crippen molar-refractivity contribution in [1.29, 1.82) is 0 Å². The zero-order chi connectivity index (χ0) is 13.2. The first-order valence-electron chi connectivity index (χ1n) is 7.14. The molecule has 1 rings (SSSR count). The Morgan fingerprint density at radius 1 is 1.17 bits per heavy atom. The van der Waals surface area contributed by atoms with Gasteiger partial charge in [0.05, 0.1) is 5.69 Å². The van der Waals surface area contributed by atoms with Gasteiger partial charge in [0.1, 0.15) is 5.82 Å². The maximum atomic E-state index is 4.63. The molecule has 1 N–H and O–H groups in total. The van der Waals surface area contributed by atoms with E-state index in [-0.39, 0.29) is 0 Å². The first-order valence-corrected chi connectivity index (χ1v) is 7.14. The summed E-state index contributed by atoms with van der Waals surface area (Å²) in [5.74, 6) is 0.997. The molecule has 1 heterocycles. The predicted octanol–water partition coefficient (Wildman–Crippen LogP) is 3.53. The minimum atomic E-state index is 0.936. The molecule has 0 amide bonds. The lowest BCUT2D eigenvalue weighted by Gasteiger charge is -2.16. The summed E-state index contributed by atoms with van der Waals surface area (Å²) in [5.41, 5.74) is 1.15. The van der Waals surface area contributed by atoms with Crippen molar-refractivity contribution in [3.8, 4) is 0 Å². The topological polar surface area (TPSA) is 28.2 Å². The van der Waals surface area contributed by atoms with Crippen molar-refractivity contribution in [3.63, 3.8) is 0 Å². The first-order chi connectivity index (χ1) is 8.76. The van der Waals surface area contributed by atoms with E-state index in [0.717, 1.165) is 37.6 Å². The molecule has 0 fully saturated rings. The van der Waals surface area contributed by atoms with Crippen molar-refractivity contribution in [2.45, 2.75) is 46.1 Å². The third-order valence-corrected chi connectivity index (χ3v) is 2.94. The molecule has 102 valence electrons. The van der Waals surface area contributed by atoms with E-state index in [2.05, 4.69) is 48.2 Å². The molecule has 3 nitrogen and oxygen atoms in total. The molecule has 0 saturated heterocycles. The molecule has 0 saturated carbocycles. The van der Waals surface area contributed by atoms with E-state index < -0.39 is 0 Å². The van der Waals surface area contributed by atoms with Crippen LogP contribution in [0.1, 0.15) is 45.2 Å². The molecule has 1 aromatic rings. The molecule has 0 aliphatic rings. The fourth-order valence-electron chi connectivity index (χ4n) is 1.91. The molecular formula is C15H27N3. The molecule has 0 unspecified atom stereocenters. The molecule has 0 aromatic carbocycles. The summed E-state index contributed by atoms with van der Waals surface area (Å²) in [4.78, 5) is 6.97. The molecule has 18 heavy (non-hydrogen) atoms. The average molecular weight is 249 g/mol. The Morgan fingerprint density at radius 3 is 2.72 bits per heavy atom. The summed E-state index contributed by atoms with van der Waals surface area (Å²) in [6, 6.07) is 6.23. The SMILES string of the molecule is CCCCCN(C)Cc1cccc(NCCC)n1. The van der Waals surface area contributed by atoms with Gasteiger partial charge in [-0.2, -0.15) is 0 Å². The van der Waals surface area contributed by atoms with Crippen molar-refractivity contribution >= 4 is 5.82 Å². The normalized spacial score (nSPS) is 10.9. The quantitative estimate of drug-likeness (QED) is 0.679. The van der Waals surface area contributed by atoms with Crippen LogP contribution in [0.5, 0.6) is 0 Å². The van der Waals surface area contributed by atoms with Gasteiger partial charge in [-0.25, -0.2) is 4.98 Å². The second kappa shape index (κ2) is 8.92. The number of unbranched alkanes of at least 4 members (excludes halogenated alkanes) is 2. The number of anilines is 1. The van der Waals surface area contributed by atoms with Gasteiger partial charge in [0.25, 0.3) is 0 Å². The highest BCUT2D eigenvalue weighted by Crippen LogP contribution is 2.07. The number of nitrogens with one attached hydrogen (secondary N) is 1. The van der Waals surface area contributed by atoms with E-state index >= 15 is 0 Å². The Morgan fingerprint density at radius 2 is 2.00 bits per heavy atom. The second-order valence-corrected chi connectivity index (χ2v) is 4.89. The van der Waals surface area contributed by atoms with Gasteiger partial charge in [-0.1, -0.05) is 32.8 Å².